The monoisotopic (exact) mass is 498 g/mol. The van der Waals surface area contributed by atoms with Crippen LogP contribution in [0.4, 0.5) is 5.69 Å². The summed E-state index contributed by atoms with van der Waals surface area (Å²) in [5.74, 6) is 1.24. The minimum Gasteiger partial charge on any atom is -0.494 e. The summed E-state index contributed by atoms with van der Waals surface area (Å²) in [5.41, 5.74) is 2.16. The fourth-order valence-electron chi connectivity index (χ4n) is 3.41. The van der Waals surface area contributed by atoms with Gasteiger partial charge in [0.05, 0.1) is 31.4 Å². The number of ether oxygens (including phenoxy) is 3. The van der Waals surface area contributed by atoms with Crippen LogP contribution in [-0.2, 0) is 21.4 Å². The van der Waals surface area contributed by atoms with Crippen molar-refractivity contribution in [2.45, 2.75) is 25.3 Å². The molecule has 186 valence electrons. The summed E-state index contributed by atoms with van der Waals surface area (Å²) in [7, 11) is -0.937. The Hall–Kier alpha value is -3.72. The van der Waals surface area contributed by atoms with Crippen molar-refractivity contribution in [1.29, 1.82) is 0 Å². The molecule has 0 aliphatic heterocycles. The maximum Gasteiger partial charge on any atom is 0.264 e. The van der Waals surface area contributed by atoms with Crippen LogP contribution in [0.3, 0.4) is 0 Å². The first-order valence-electron chi connectivity index (χ1n) is 11.1. The SMILES string of the molecule is CCOc1ccc(S(=O)(=O)N(CC(=O)NCc2ccc(OC)c(OC)c2)c2ccc(C)cc2)cc1. The van der Waals surface area contributed by atoms with E-state index >= 15 is 0 Å². The lowest BCUT2D eigenvalue weighted by Gasteiger charge is -2.24. The van der Waals surface area contributed by atoms with Crippen LogP contribution in [-0.4, -0.2) is 41.7 Å². The molecule has 0 heterocycles. The van der Waals surface area contributed by atoms with Gasteiger partial charge < -0.3 is 19.5 Å². The van der Waals surface area contributed by atoms with Gasteiger partial charge in [0, 0.05) is 6.54 Å². The Morgan fingerprint density at radius 3 is 2.17 bits per heavy atom. The molecule has 3 rings (SSSR count). The fourth-order valence-corrected chi connectivity index (χ4v) is 4.83. The Morgan fingerprint density at radius 1 is 0.914 bits per heavy atom. The van der Waals surface area contributed by atoms with Crippen molar-refractivity contribution >= 4 is 21.6 Å². The standard InChI is InChI=1S/C26H30N2O6S/c1-5-34-22-11-13-23(14-12-22)35(30,31)28(21-9-6-19(2)7-10-21)18-26(29)27-17-20-8-15-24(32-3)25(16-20)33-4/h6-16H,5,17-18H2,1-4H3,(H,27,29). The molecule has 35 heavy (non-hydrogen) atoms. The van der Waals surface area contributed by atoms with E-state index in [-0.39, 0.29) is 18.0 Å². The van der Waals surface area contributed by atoms with Crippen LogP contribution in [0.1, 0.15) is 18.1 Å². The van der Waals surface area contributed by atoms with Gasteiger partial charge in [-0.2, -0.15) is 0 Å². The lowest BCUT2D eigenvalue weighted by molar-refractivity contribution is -0.119. The van der Waals surface area contributed by atoms with E-state index in [1.807, 2.05) is 13.8 Å². The molecule has 1 N–H and O–H groups in total. The molecule has 0 radical (unpaired) electrons. The van der Waals surface area contributed by atoms with Gasteiger partial charge in [-0.1, -0.05) is 23.8 Å². The van der Waals surface area contributed by atoms with Crippen LogP contribution < -0.4 is 23.8 Å². The zero-order valence-corrected chi connectivity index (χ0v) is 21.1. The van der Waals surface area contributed by atoms with Gasteiger partial charge in [-0.25, -0.2) is 8.42 Å². The molecule has 0 aromatic heterocycles. The number of hydrogen-bond acceptors (Lipinski definition) is 6. The Kier molecular flexibility index (Phi) is 8.59. The largest absolute Gasteiger partial charge is 0.494 e. The first kappa shape index (κ1) is 25.9. The van der Waals surface area contributed by atoms with Gasteiger partial charge in [0.1, 0.15) is 12.3 Å². The highest BCUT2D eigenvalue weighted by molar-refractivity contribution is 7.92. The number of anilines is 1. The summed E-state index contributed by atoms with van der Waals surface area (Å²) in [5, 5.41) is 2.79. The summed E-state index contributed by atoms with van der Waals surface area (Å²) in [6.45, 7) is 4.05. The molecule has 3 aromatic carbocycles. The van der Waals surface area contributed by atoms with E-state index in [4.69, 9.17) is 14.2 Å². The highest BCUT2D eigenvalue weighted by Crippen LogP contribution is 2.28. The summed E-state index contributed by atoms with van der Waals surface area (Å²) >= 11 is 0. The molecule has 8 nitrogen and oxygen atoms in total. The number of benzene rings is 3. The maximum atomic E-state index is 13.5. The number of methoxy groups -OCH3 is 2. The second-order valence-corrected chi connectivity index (χ2v) is 9.58. The lowest BCUT2D eigenvalue weighted by Crippen LogP contribution is -2.40. The van der Waals surface area contributed by atoms with Gasteiger partial charge in [-0.15, -0.1) is 0 Å². The second-order valence-electron chi connectivity index (χ2n) is 7.72. The van der Waals surface area contributed by atoms with E-state index < -0.39 is 15.9 Å². The molecular formula is C26H30N2O6S. The van der Waals surface area contributed by atoms with Gasteiger partial charge in [-0.05, 0) is 67.9 Å². The Bertz CT molecular complexity index is 1240. The van der Waals surface area contributed by atoms with Crippen molar-refractivity contribution in [3.05, 3.63) is 77.9 Å². The fraction of sp³-hybridized carbons (Fsp3) is 0.269. The number of carbonyl (C=O) groups is 1. The Morgan fingerprint density at radius 2 is 1.57 bits per heavy atom. The predicted octanol–water partition coefficient (Wildman–Crippen LogP) is 3.92. The van der Waals surface area contributed by atoms with Crippen LogP contribution in [0.2, 0.25) is 0 Å². The van der Waals surface area contributed by atoms with Crippen LogP contribution >= 0.6 is 0 Å². The molecule has 0 bridgehead atoms. The maximum absolute atomic E-state index is 13.5. The van der Waals surface area contributed by atoms with Gasteiger partial charge in [0.25, 0.3) is 10.0 Å². The lowest BCUT2D eigenvalue weighted by atomic mass is 10.2. The number of amides is 1. The number of rotatable bonds is 11. The molecule has 0 saturated heterocycles. The minimum absolute atomic E-state index is 0.0641. The van der Waals surface area contributed by atoms with Crippen LogP contribution in [0.25, 0.3) is 0 Å². The number of hydrogen-bond donors (Lipinski definition) is 1. The molecule has 0 atom stereocenters. The van der Waals surface area contributed by atoms with Gasteiger partial charge in [0.2, 0.25) is 5.91 Å². The topological polar surface area (TPSA) is 94.2 Å². The zero-order valence-electron chi connectivity index (χ0n) is 20.3. The van der Waals surface area contributed by atoms with Gasteiger partial charge in [0.15, 0.2) is 11.5 Å². The molecule has 1 amide bonds. The quantitative estimate of drug-likeness (QED) is 0.431. The second kappa shape index (κ2) is 11.6. The number of carbonyl (C=O) groups excluding carboxylic acids is 1. The summed E-state index contributed by atoms with van der Waals surface area (Å²) in [4.78, 5) is 12.9. The Labute approximate surface area is 206 Å². The highest BCUT2D eigenvalue weighted by Gasteiger charge is 2.27. The molecule has 0 spiro atoms. The van der Waals surface area contributed by atoms with Crippen LogP contribution in [0.5, 0.6) is 17.2 Å². The normalized spacial score (nSPS) is 11.0. The number of sulfonamides is 1. The molecule has 0 fully saturated rings. The Balaban J connectivity index is 1.82. The molecular weight excluding hydrogens is 468 g/mol. The third-order valence-corrected chi connectivity index (χ3v) is 7.06. The third-order valence-electron chi connectivity index (χ3n) is 5.27. The van der Waals surface area contributed by atoms with Crippen molar-refractivity contribution in [3.63, 3.8) is 0 Å². The summed E-state index contributed by atoms with van der Waals surface area (Å²) in [6, 6.07) is 18.4. The highest BCUT2D eigenvalue weighted by atomic mass is 32.2. The first-order chi connectivity index (χ1) is 16.8. The van der Waals surface area contributed by atoms with E-state index in [1.165, 1.54) is 19.2 Å². The number of nitrogens with zero attached hydrogens (tertiary/aromatic N) is 1. The van der Waals surface area contributed by atoms with Crippen LogP contribution in [0.15, 0.2) is 71.6 Å². The van der Waals surface area contributed by atoms with E-state index in [0.717, 1.165) is 15.4 Å². The van der Waals surface area contributed by atoms with Crippen molar-refractivity contribution < 1.29 is 27.4 Å². The number of nitrogens with one attached hydrogen (secondary N) is 1. The molecule has 3 aromatic rings. The van der Waals surface area contributed by atoms with Crippen molar-refractivity contribution in [2.75, 3.05) is 31.7 Å². The van der Waals surface area contributed by atoms with E-state index in [1.54, 1.807) is 61.7 Å². The predicted molar refractivity (Wildman–Crippen MR) is 135 cm³/mol. The third kappa shape index (κ3) is 6.45. The summed E-state index contributed by atoms with van der Waals surface area (Å²) in [6.07, 6.45) is 0. The molecule has 0 unspecified atom stereocenters. The van der Waals surface area contributed by atoms with E-state index in [0.29, 0.717) is 29.5 Å². The molecule has 0 saturated carbocycles. The van der Waals surface area contributed by atoms with Gasteiger partial charge in [-0.3, -0.25) is 9.10 Å². The van der Waals surface area contributed by atoms with E-state index in [2.05, 4.69) is 5.32 Å². The first-order valence-corrected chi connectivity index (χ1v) is 12.5. The smallest absolute Gasteiger partial charge is 0.264 e. The van der Waals surface area contributed by atoms with Crippen LogP contribution in [0, 0.1) is 6.92 Å². The van der Waals surface area contributed by atoms with Gasteiger partial charge >= 0.3 is 0 Å². The average molecular weight is 499 g/mol. The molecule has 0 aliphatic rings. The summed E-state index contributed by atoms with van der Waals surface area (Å²) < 4.78 is 44.1. The van der Waals surface area contributed by atoms with E-state index in [9.17, 15) is 13.2 Å². The average Bonchev–Trinajstić information content (AvgIpc) is 2.87. The van der Waals surface area contributed by atoms with Crippen molar-refractivity contribution in [2.24, 2.45) is 0 Å². The minimum atomic E-state index is -4.02. The van der Waals surface area contributed by atoms with Crippen molar-refractivity contribution in [1.82, 2.24) is 5.32 Å². The molecule has 0 aliphatic carbocycles. The zero-order chi connectivity index (χ0) is 25.4. The molecule has 9 heteroatoms. The van der Waals surface area contributed by atoms with Crippen molar-refractivity contribution in [3.8, 4) is 17.2 Å². The number of aryl methyl sites for hydroxylation is 1.